The molecule has 0 bridgehead atoms. The number of para-hydroxylation sites is 2. The van der Waals surface area contributed by atoms with Crippen LogP contribution in [0.3, 0.4) is 0 Å². The summed E-state index contributed by atoms with van der Waals surface area (Å²) in [7, 11) is 3.34. The first kappa shape index (κ1) is 19.8. The van der Waals surface area contributed by atoms with Crippen molar-refractivity contribution in [2.45, 2.75) is 12.6 Å². The van der Waals surface area contributed by atoms with Crippen LogP contribution in [0.2, 0.25) is 0 Å². The fraction of sp³-hybridized carbons (Fsp3) is 0.400. The van der Waals surface area contributed by atoms with Crippen LogP contribution in [0, 0.1) is 0 Å². The predicted molar refractivity (Wildman–Crippen MR) is 103 cm³/mol. The Labute approximate surface area is 164 Å². The van der Waals surface area contributed by atoms with Crippen LogP contribution < -0.4 is 19.5 Å². The van der Waals surface area contributed by atoms with Gasteiger partial charge in [0.05, 0.1) is 13.2 Å². The molecule has 1 aromatic heterocycles. The molecule has 1 N–H and O–H groups in total. The van der Waals surface area contributed by atoms with E-state index in [1.165, 1.54) is 0 Å². The van der Waals surface area contributed by atoms with Crippen molar-refractivity contribution in [2.24, 2.45) is 0 Å². The Bertz CT molecular complexity index is 769. The number of nitrogens with zero attached hydrogens (tertiary/aromatic N) is 2. The molecule has 2 amide bonds. The fourth-order valence-corrected chi connectivity index (χ4v) is 2.68. The standard InChI is InChI=1S/C20H25N3O5/c1-23(13-16-14-27-17-5-3-4-6-18(17)28-16)20(24)22-12-15-7-8-19(21-11-15)26-10-9-25-2/h3-8,11,16H,9-10,12-14H2,1-2H3,(H,22,24). The van der Waals surface area contributed by atoms with Crippen molar-refractivity contribution in [3.05, 3.63) is 48.2 Å². The summed E-state index contributed by atoms with van der Waals surface area (Å²) in [6.07, 6.45) is 1.47. The van der Waals surface area contributed by atoms with Crippen molar-refractivity contribution in [3.8, 4) is 17.4 Å². The SMILES string of the molecule is COCCOc1ccc(CNC(=O)N(C)CC2COc3ccccc3O2)cn1. The van der Waals surface area contributed by atoms with Gasteiger partial charge in [-0.15, -0.1) is 0 Å². The third kappa shape index (κ3) is 5.50. The second-order valence-electron chi connectivity index (χ2n) is 6.38. The van der Waals surface area contributed by atoms with Gasteiger partial charge in [0.25, 0.3) is 0 Å². The minimum absolute atomic E-state index is 0.192. The van der Waals surface area contributed by atoms with Crippen LogP contribution in [0.15, 0.2) is 42.6 Å². The molecule has 150 valence electrons. The maximum Gasteiger partial charge on any atom is 0.317 e. The Balaban J connectivity index is 1.42. The van der Waals surface area contributed by atoms with Crippen molar-refractivity contribution in [3.63, 3.8) is 0 Å². The van der Waals surface area contributed by atoms with E-state index in [1.807, 2.05) is 30.3 Å². The van der Waals surface area contributed by atoms with E-state index in [4.69, 9.17) is 18.9 Å². The van der Waals surface area contributed by atoms with E-state index in [9.17, 15) is 4.79 Å². The summed E-state index contributed by atoms with van der Waals surface area (Å²) < 4.78 is 21.9. The lowest BCUT2D eigenvalue weighted by atomic mass is 10.2. The first-order valence-corrected chi connectivity index (χ1v) is 9.10. The number of fused-ring (bicyclic) bond motifs is 1. The fourth-order valence-electron chi connectivity index (χ4n) is 2.68. The lowest BCUT2D eigenvalue weighted by Crippen LogP contribution is -2.45. The normalized spacial score (nSPS) is 15.0. The first-order chi connectivity index (χ1) is 13.7. The summed E-state index contributed by atoms with van der Waals surface area (Å²) >= 11 is 0. The molecule has 0 saturated carbocycles. The topological polar surface area (TPSA) is 82.2 Å². The second kappa shape index (κ2) is 9.80. The van der Waals surface area contributed by atoms with Gasteiger partial charge in [-0.2, -0.15) is 0 Å². The summed E-state index contributed by atoms with van der Waals surface area (Å²) in [6.45, 7) is 2.15. The molecule has 0 fully saturated rings. The van der Waals surface area contributed by atoms with Gasteiger partial charge in [0.15, 0.2) is 17.6 Å². The summed E-state index contributed by atoms with van der Waals surface area (Å²) in [5.41, 5.74) is 0.881. The lowest BCUT2D eigenvalue weighted by Gasteiger charge is -2.29. The zero-order valence-corrected chi connectivity index (χ0v) is 16.1. The number of pyridine rings is 1. The molecule has 1 aromatic carbocycles. The first-order valence-electron chi connectivity index (χ1n) is 9.10. The Morgan fingerprint density at radius 2 is 2.07 bits per heavy atom. The lowest BCUT2D eigenvalue weighted by molar-refractivity contribution is 0.0715. The number of ether oxygens (including phenoxy) is 4. The quantitative estimate of drug-likeness (QED) is 0.699. The van der Waals surface area contributed by atoms with Crippen molar-refractivity contribution < 1.29 is 23.7 Å². The molecule has 1 aliphatic rings. The van der Waals surface area contributed by atoms with Crippen molar-refractivity contribution in [1.82, 2.24) is 15.2 Å². The molecule has 1 aliphatic heterocycles. The molecule has 2 aromatic rings. The van der Waals surface area contributed by atoms with E-state index in [0.717, 1.165) is 11.3 Å². The maximum absolute atomic E-state index is 12.3. The average Bonchev–Trinajstić information content (AvgIpc) is 2.73. The smallest absolute Gasteiger partial charge is 0.317 e. The number of aromatic nitrogens is 1. The number of methoxy groups -OCH3 is 1. The molecule has 0 spiro atoms. The predicted octanol–water partition coefficient (Wildman–Crippen LogP) is 2.09. The van der Waals surface area contributed by atoms with Crippen LogP contribution in [0.4, 0.5) is 4.79 Å². The number of rotatable bonds is 8. The number of carbonyl (C=O) groups excluding carboxylic acids is 1. The zero-order chi connectivity index (χ0) is 19.8. The Kier molecular flexibility index (Phi) is 6.91. The van der Waals surface area contributed by atoms with E-state index in [1.54, 1.807) is 31.3 Å². The van der Waals surface area contributed by atoms with Gasteiger partial charge in [-0.25, -0.2) is 9.78 Å². The van der Waals surface area contributed by atoms with Gasteiger partial charge < -0.3 is 29.2 Å². The highest BCUT2D eigenvalue weighted by Crippen LogP contribution is 2.30. The summed E-state index contributed by atoms with van der Waals surface area (Å²) in [4.78, 5) is 18.1. The molecule has 1 unspecified atom stereocenters. The van der Waals surface area contributed by atoms with Gasteiger partial charge in [-0.3, -0.25) is 0 Å². The highest BCUT2D eigenvalue weighted by Gasteiger charge is 2.23. The number of nitrogens with one attached hydrogen (secondary N) is 1. The minimum Gasteiger partial charge on any atom is -0.486 e. The van der Waals surface area contributed by atoms with E-state index in [0.29, 0.717) is 44.5 Å². The Hall–Kier alpha value is -3.00. The Morgan fingerprint density at radius 3 is 2.82 bits per heavy atom. The van der Waals surface area contributed by atoms with Gasteiger partial charge in [-0.05, 0) is 17.7 Å². The number of benzene rings is 1. The van der Waals surface area contributed by atoms with Gasteiger partial charge in [-0.1, -0.05) is 18.2 Å². The van der Waals surface area contributed by atoms with Crippen molar-refractivity contribution in [2.75, 3.05) is 40.5 Å². The van der Waals surface area contributed by atoms with E-state index in [-0.39, 0.29) is 12.1 Å². The molecular weight excluding hydrogens is 362 g/mol. The number of hydrogen-bond acceptors (Lipinski definition) is 6. The van der Waals surface area contributed by atoms with Crippen LogP contribution >= 0.6 is 0 Å². The molecule has 8 heteroatoms. The molecule has 2 heterocycles. The summed E-state index contributed by atoms with van der Waals surface area (Å²) in [5.74, 6) is 1.96. The number of hydrogen-bond donors (Lipinski definition) is 1. The number of urea groups is 1. The van der Waals surface area contributed by atoms with Crippen LogP contribution in [-0.2, 0) is 11.3 Å². The van der Waals surface area contributed by atoms with Crippen LogP contribution in [0.25, 0.3) is 0 Å². The average molecular weight is 387 g/mol. The third-order valence-corrected chi connectivity index (χ3v) is 4.17. The second-order valence-corrected chi connectivity index (χ2v) is 6.38. The summed E-state index contributed by atoms with van der Waals surface area (Å²) in [5, 5.41) is 2.87. The maximum atomic E-state index is 12.3. The molecule has 28 heavy (non-hydrogen) atoms. The largest absolute Gasteiger partial charge is 0.486 e. The number of likely N-dealkylation sites (N-methyl/N-ethyl adjacent to an activating group) is 1. The van der Waals surface area contributed by atoms with Crippen molar-refractivity contribution in [1.29, 1.82) is 0 Å². The van der Waals surface area contributed by atoms with Gasteiger partial charge in [0.1, 0.15) is 13.2 Å². The Morgan fingerprint density at radius 1 is 1.25 bits per heavy atom. The van der Waals surface area contributed by atoms with Gasteiger partial charge in [0.2, 0.25) is 5.88 Å². The number of amides is 2. The number of carbonyl (C=O) groups is 1. The highest BCUT2D eigenvalue weighted by atomic mass is 16.6. The third-order valence-electron chi connectivity index (χ3n) is 4.17. The van der Waals surface area contributed by atoms with Crippen LogP contribution in [0.1, 0.15) is 5.56 Å². The van der Waals surface area contributed by atoms with Crippen LogP contribution in [0.5, 0.6) is 17.4 Å². The van der Waals surface area contributed by atoms with Crippen LogP contribution in [-0.4, -0.2) is 62.5 Å². The molecule has 3 rings (SSSR count). The van der Waals surface area contributed by atoms with E-state index < -0.39 is 0 Å². The molecule has 0 aliphatic carbocycles. The molecule has 0 saturated heterocycles. The van der Waals surface area contributed by atoms with Crippen molar-refractivity contribution >= 4 is 6.03 Å². The minimum atomic E-state index is -0.212. The van der Waals surface area contributed by atoms with E-state index >= 15 is 0 Å². The van der Waals surface area contributed by atoms with Gasteiger partial charge in [0, 0.05) is 33.0 Å². The summed E-state index contributed by atoms with van der Waals surface area (Å²) in [6, 6.07) is 11.0. The monoisotopic (exact) mass is 387 g/mol. The molecule has 0 radical (unpaired) electrons. The molecular formula is C20H25N3O5. The zero-order valence-electron chi connectivity index (χ0n) is 16.1. The highest BCUT2D eigenvalue weighted by molar-refractivity contribution is 5.73. The van der Waals surface area contributed by atoms with Gasteiger partial charge >= 0.3 is 6.03 Å². The molecule has 8 nitrogen and oxygen atoms in total. The van der Waals surface area contributed by atoms with E-state index in [2.05, 4.69) is 10.3 Å². The molecule has 1 atom stereocenters.